The Bertz CT molecular complexity index is 1070. The maximum atomic E-state index is 14.6. The Labute approximate surface area is 230 Å². The van der Waals surface area contributed by atoms with Crippen molar-refractivity contribution in [2.75, 3.05) is 32.7 Å². The number of hydrogen-bond acceptors (Lipinski definition) is 4. The van der Waals surface area contributed by atoms with E-state index in [9.17, 15) is 23.1 Å². The van der Waals surface area contributed by atoms with Crippen molar-refractivity contribution in [3.05, 3.63) is 65.7 Å². The normalized spacial score (nSPS) is 22.7. The maximum absolute atomic E-state index is 14.6. The Balaban J connectivity index is 1.36. The quantitative estimate of drug-likeness (QED) is 0.391. The Hall–Kier alpha value is -2.45. The minimum absolute atomic E-state index is 0.157. The van der Waals surface area contributed by atoms with E-state index in [1.54, 1.807) is 12.1 Å². The van der Waals surface area contributed by atoms with Crippen molar-refractivity contribution in [1.82, 2.24) is 14.8 Å². The first-order chi connectivity index (χ1) is 18.4. The van der Waals surface area contributed by atoms with Gasteiger partial charge in [-0.2, -0.15) is 8.78 Å². The molecule has 0 saturated carbocycles. The number of rotatable bonds is 10. The highest BCUT2D eigenvalue weighted by Gasteiger charge is 2.44. The van der Waals surface area contributed by atoms with E-state index in [0.29, 0.717) is 19.5 Å². The summed E-state index contributed by atoms with van der Waals surface area (Å²) >= 11 is 0. The van der Waals surface area contributed by atoms with Crippen LogP contribution in [-0.4, -0.2) is 64.6 Å². The summed E-state index contributed by atoms with van der Waals surface area (Å²) < 4.78 is 42.7. The molecular formula is C31H42F3N3O2. The van der Waals surface area contributed by atoms with Crippen molar-refractivity contribution < 1.29 is 23.1 Å². The van der Waals surface area contributed by atoms with Gasteiger partial charge in [0.25, 0.3) is 5.92 Å². The summed E-state index contributed by atoms with van der Waals surface area (Å²) in [6, 6.07) is 10.7. The molecule has 3 atom stereocenters. The minimum atomic E-state index is -2.91. The molecule has 3 heterocycles. The molecule has 0 amide bonds. The Morgan fingerprint density at radius 3 is 2.31 bits per heavy atom. The molecule has 0 aliphatic carbocycles. The van der Waals surface area contributed by atoms with E-state index in [1.165, 1.54) is 24.4 Å². The van der Waals surface area contributed by atoms with E-state index in [-0.39, 0.29) is 35.7 Å². The molecule has 2 aliphatic heterocycles. The first kappa shape index (κ1) is 29.5. The molecule has 5 nitrogen and oxygen atoms in total. The van der Waals surface area contributed by atoms with Crippen LogP contribution >= 0.6 is 0 Å². The third kappa shape index (κ3) is 7.82. The van der Waals surface area contributed by atoms with Crippen molar-refractivity contribution in [2.24, 2.45) is 23.2 Å². The van der Waals surface area contributed by atoms with Crippen LogP contribution in [0.5, 0.6) is 0 Å². The molecule has 0 radical (unpaired) electrons. The average molecular weight is 546 g/mol. The van der Waals surface area contributed by atoms with Crippen LogP contribution in [0.15, 0.2) is 48.7 Å². The highest BCUT2D eigenvalue weighted by molar-refractivity contribution is 5.74. The maximum Gasteiger partial charge on any atom is 0.321 e. The molecule has 0 unspecified atom stereocenters. The van der Waals surface area contributed by atoms with Gasteiger partial charge in [0, 0.05) is 32.3 Å². The number of carboxylic acids is 1. The van der Waals surface area contributed by atoms with Crippen LogP contribution in [0.1, 0.15) is 57.7 Å². The second-order valence-corrected chi connectivity index (χ2v) is 12.6. The molecule has 0 spiro atoms. The van der Waals surface area contributed by atoms with Crippen LogP contribution in [-0.2, 0) is 17.1 Å². The predicted molar refractivity (Wildman–Crippen MR) is 146 cm³/mol. The number of hydrogen-bond donors (Lipinski definition) is 1. The summed E-state index contributed by atoms with van der Waals surface area (Å²) in [6.07, 6.45) is 4.25. The van der Waals surface area contributed by atoms with Crippen LogP contribution in [0.3, 0.4) is 0 Å². The van der Waals surface area contributed by atoms with Gasteiger partial charge in [-0.25, -0.2) is 4.39 Å². The molecule has 1 aromatic carbocycles. The van der Waals surface area contributed by atoms with Crippen LogP contribution in [0, 0.1) is 29.0 Å². The number of aromatic nitrogens is 1. The smallest absolute Gasteiger partial charge is 0.321 e. The van der Waals surface area contributed by atoms with E-state index in [2.05, 4.69) is 14.8 Å². The summed E-state index contributed by atoms with van der Waals surface area (Å²) in [6.45, 7) is 9.88. The predicted octanol–water partition coefficient (Wildman–Crippen LogP) is 6.09. The van der Waals surface area contributed by atoms with Crippen LogP contribution in [0.2, 0.25) is 0 Å². The van der Waals surface area contributed by atoms with Crippen LogP contribution < -0.4 is 0 Å². The number of carboxylic acid groups (broad SMARTS) is 1. The topological polar surface area (TPSA) is 56.7 Å². The van der Waals surface area contributed by atoms with Gasteiger partial charge in [0.15, 0.2) is 0 Å². The fraction of sp³-hybridized carbons (Fsp3) is 0.613. The van der Waals surface area contributed by atoms with E-state index in [4.69, 9.17) is 0 Å². The number of nitrogens with zero attached hydrogens (tertiary/aromatic N) is 3. The zero-order valence-corrected chi connectivity index (χ0v) is 23.3. The van der Waals surface area contributed by atoms with Gasteiger partial charge in [0.2, 0.25) is 0 Å². The Morgan fingerprint density at radius 2 is 1.72 bits per heavy atom. The number of aliphatic carboxylic acids is 1. The molecule has 0 bridgehead atoms. The lowest BCUT2D eigenvalue weighted by Crippen LogP contribution is -2.48. The number of halogens is 3. The van der Waals surface area contributed by atoms with Gasteiger partial charge >= 0.3 is 5.97 Å². The second-order valence-electron chi connectivity index (χ2n) is 12.6. The van der Waals surface area contributed by atoms with Crippen molar-refractivity contribution >= 4 is 5.97 Å². The van der Waals surface area contributed by atoms with Gasteiger partial charge in [0.1, 0.15) is 17.6 Å². The van der Waals surface area contributed by atoms with E-state index >= 15 is 0 Å². The van der Waals surface area contributed by atoms with Gasteiger partial charge in [-0.1, -0.05) is 39.0 Å². The highest BCUT2D eigenvalue weighted by atomic mass is 19.3. The van der Waals surface area contributed by atoms with E-state index in [0.717, 1.165) is 44.5 Å². The molecule has 39 heavy (non-hydrogen) atoms. The van der Waals surface area contributed by atoms with E-state index < -0.39 is 23.3 Å². The molecule has 2 saturated heterocycles. The first-order valence-corrected chi connectivity index (χ1v) is 14.2. The molecule has 1 aromatic heterocycles. The standard InChI is InChI=1S/C31H42F3N3O2/c1-30(2,3)28(29(38)39)37-20-24(18-23-7-9-26(32)10-8-23)25(21-37)19-36-16-12-22(13-17-36)11-14-31(33,34)27-6-4-5-15-35-27/h4-10,15,22,24-25,28H,11-14,16-21H2,1-3H3,(H,38,39)/t24-,25-,28-/m0/s1. The minimum Gasteiger partial charge on any atom is -0.480 e. The first-order valence-electron chi connectivity index (χ1n) is 14.2. The lowest BCUT2D eigenvalue weighted by Gasteiger charge is -2.36. The molecule has 4 rings (SSSR count). The SMILES string of the molecule is CC(C)(C)[C@H](C(=O)O)N1C[C@H](Cc2ccc(F)cc2)[C@@H](CN2CCC(CCC(F)(F)c3ccccn3)CC2)C1. The third-order valence-electron chi connectivity index (χ3n) is 8.54. The third-order valence-corrected chi connectivity index (χ3v) is 8.54. The van der Waals surface area contributed by atoms with Crippen molar-refractivity contribution in [1.29, 1.82) is 0 Å². The van der Waals surface area contributed by atoms with Crippen molar-refractivity contribution in [3.63, 3.8) is 0 Å². The lowest BCUT2D eigenvalue weighted by molar-refractivity contribution is -0.147. The zero-order chi connectivity index (χ0) is 28.2. The van der Waals surface area contributed by atoms with Gasteiger partial charge < -0.3 is 10.0 Å². The fourth-order valence-electron chi connectivity index (χ4n) is 6.50. The average Bonchev–Trinajstić information content (AvgIpc) is 3.25. The van der Waals surface area contributed by atoms with Gasteiger partial charge in [-0.15, -0.1) is 0 Å². The molecule has 2 aromatic rings. The highest BCUT2D eigenvalue weighted by Crippen LogP contribution is 2.37. The zero-order valence-electron chi connectivity index (χ0n) is 23.3. The summed E-state index contributed by atoms with van der Waals surface area (Å²) in [4.78, 5) is 20.6. The van der Waals surface area contributed by atoms with E-state index in [1.807, 2.05) is 32.9 Å². The number of piperidine rings is 1. The number of benzene rings is 1. The number of likely N-dealkylation sites (tertiary alicyclic amines) is 2. The van der Waals surface area contributed by atoms with Gasteiger partial charge in [0.05, 0.1) is 0 Å². The van der Waals surface area contributed by atoms with Crippen LogP contribution in [0.25, 0.3) is 0 Å². The molecule has 8 heteroatoms. The van der Waals surface area contributed by atoms with Crippen LogP contribution in [0.4, 0.5) is 13.2 Å². The number of pyridine rings is 1. The van der Waals surface area contributed by atoms with Crippen molar-refractivity contribution in [3.8, 4) is 0 Å². The molecule has 1 N–H and O–H groups in total. The summed E-state index contributed by atoms with van der Waals surface area (Å²) in [5.41, 5.74) is 0.496. The Kier molecular flexibility index (Phi) is 9.37. The van der Waals surface area contributed by atoms with Crippen molar-refractivity contribution in [2.45, 2.75) is 64.8 Å². The van der Waals surface area contributed by atoms with Gasteiger partial charge in [-0.3, -0.25) is 14.7 Å². The number of alkyl halides is 2. The summed E-state index contributed by atoms with van der Waals surface area (Å²) in [5, 5.41) is 10.0. The molecule has 214 valence electrons. The fourth-order valence-corrected chi connectivity index (χ4v) is 6.50. The lowest BCUT2D eigenvalue weighted by atomic mass is 9.85. The summed E-state index contributed by atoms with van der Waals surface area (Å²) in [5.74, 6) is -3.16. The largest absolute Gasteiger partial charge is 0.480 e. The summed E-state index contributed by atoms with van der Waals surface area (Å²) in [7, 11) is 0. The Morgan fingerprint density at radius 1 is 1.05 bits per heavy atom. The molecular weight excluding hydrogens is 503 g/mol. The number of carbonyl (C=O) groups is 1. The molecule has 2 aliphatic rings. The van der Waals surface area contributed by atoms with Gasteiger partial charge in [-0.05, 0) is 91.8 Å². The second kappa shape index (κ2) is 12.4. The molecule has 2 fully saturated rings. The monoisotopic (exact) mass is 545 g/mol.